The van der Waals surface area contributed by atoms with Gasteiger partial charge in [-0.25, -0.2) is 0 Å². The molecule has 0 aromatic heterocycles. The van der Waals surface area contributed by atoms with Crippen molar-refractivity contribution in [1.29, 1.82) is 0 Å². The number of para-hydroxylation sites is 1. The second kappa shape index (κ2) is 8.52. The molecule has 2 N–H and O–H groups in total. The Labute approximate surface area is 167 Å². The first-order valence-electron chi connectivity index (χ1n) is 8.47. The van der Waals surface area contributed by atoms with Crippen LogP contribution < -0.4 is 10.6 Å². The molecule has 0 bridgehead atoms. The molecule has 0 aliphatic carbocycles. The van der Waals surface area contributed by atoms with Crippen molar-refractivity contribution in [3.8, 4) is 0 Å². The lowest BCUT2D eigenvalue weighted by molar-refractivity contribution is -0.115. The zero-order chi connectivity index (χ0) is 18.7. The first-order chi connectivity index (χ1) is 12.5. The molecule has 7 heteroatoms. The zero-order valence-electron chi connectivity index (χ0n) is 15.0. The number of amides is 1. The van der Waals surface area contributed by atoms with Crippen molar-refractivity contribution >= 4 is 57.0 Å². The number of benzene rings is 1. The fourth-order valence-electron chi connectivity index (χ4n) is 2.69. The van der Waals surface area contributed by atoms with Crippen LogP contribution in [0.5, 0.6) is 0 Å². The molecule has 2 aliphatic rings. The van der Waals surface area contributed by atoms with E-state index in [2.05, 4.69) is 23.3 Å². The standard InChI is InChI=1S/C19H22N2O2S3/c1-4-11(3)16-18(24)21-15(26-19(16)23-5-2)10-14-17(22)20-12-8-6-7-9-13(12)25-14/h4,6-9,14,21,24H,5,10H2,1-3H3,(H,20,22)/b11-4+. The van der Waals surface area contributed by atoms with Gasteiger partial charge in [0.25, 0.3) is 0 Å². The number of thiol groups is 1. The maximum absolute atomic E-state index is 12.5. The Hall–Kier alpha value is -1.41. The van der Waals surface area contributed by atoms with E-state index in [0.717, 1.165) is 36.8 Å². The average Bonchev–Trinajstić information content (AvgIpc) is 2.62. The van der Waals surface area contributed by atoms with E-state index >= 15 is 0 Å². The fraction of sp³-hybridized carbons (Fsp3) is 0.316. The zero-order valence-corrected chi connectivity index (χ0v) is 17.5. The third-order valence-electron chi connectivity index (χ3n) is 4.09. The minimum atomic E-state index is -0.187. The summed E-state index contributed by atoms with van der Waals surface area (Å²) in [6.07, 6.45) is 2.64. The number of fused-ring (bicyclic) bond motifs is 1. The summed E-state index contributed by atoms with van der Waals surface area (Å²) >= 11 is 6.23. The van der Waals surface area contributed by atoms with Gasteiger partial charge in [0.1, 0.15) is 5.05 Å². The Morgan fingerprint density at radius 2 is 2.12 bits per heavy atom. The number of anilines is 1. The van der Waals surface area contributed by atoms with Crippen LogP contribution in [0.3, 0.4) is 0 Å². The maximum Gasteiger partial charge on any atom is 0.238 e. The van der Waals surface area contributed by atoms with Gasteiger partial charge < -0.3 is 15.4 Å². The molecule has 1 amide bonds. The summed E-state index contributed by atoms with van der Waals surface area (Å²) in [4.78, 5) is 14.5. The lowest BCUT2D eigenvalue weighted by Gasteiger charge is -2.26. The highest BCUT2D eigenvalue weighted by Gasteiger charge is 2.29. The molecule has 1 aromatic rings. The molecular weight excluding hydrogens is 384 g/mol. The summed E-state index contributed by atoms with van der Waals surface area (Å²) in [5, 5.41) is 7.76. The summed E-state index contributed by atoms with van der Waals surface area (Å²) in [6.45, 7) is 6.59. The number of ether oxygens (including phenoxy) is 1. The van der Waals surface area contributed by atoms with E-state index in [4.69, 9.17) is 4.74 Å². The fourth-order valence-corrected chi connectivity index (χ4v) is 5.66. The predicted octanol–water partition coefficient (Wildman–Crippen LogP) is 4.23. The van der Waals surface area contributed by atoms with Gasteiger partial charge in [0.2, 0.25) is 5.91 Å². The quantitative estimate of drug-likeness (QED) is 0.517. The Bertz CT molecular complexity index is 867. The first-order valence-corrected chi connectivity index (χ1v) is 10.6. The molecule has 1 aromatic carbocycles. The first kappa shape index (κ1) is 19.4. The van der Waals surface area contributed by atoms with Crippen molar-refractivity contribution in [3.63, 3.8) is 0 Å². The summed E-state index contributed by atoms with van der Waals surface area (Å²) in [5.41, 5.74) is 2.98. The number of allylic oxidation sites excluding steroid dienone is 1. The summed E-state index contributed by atoms with van der Waals surface area (Å²) < 4.78 is 5.86. The Balaban J connectivity index is 1.88. The van der Waals surface area contributed by atoms with Crippen LogP contribution in [-0.2, 0) is 9.53 Å². The van der Waals surface area contributed by atoms with Gasteiger partial charge in [0.15, 0.2) is 0 Å². The van der Waals surface area contributed by atoms with Crippen LogP contribution in [0.15, 0.2) is 51.4 Å². The van der Waals surface area contributed by atoms with Gasteiger partial charge in [-0.3, -0.25) is 4.79 Å². The van der Waals surface area contributed by atoms with Gasteiger partial charge in [-0.2, -0.15) is 0 Å². The van der Waals surface area contributed by atoms with Crippen molar-refractivity contribution in [3.05, 3.63) is 46.5 Å². The van der Waals surface area contributed by atoms with Crippen LogP contribution in [0.2, 0.25) is 0 Å². The van der Waals surface area contributed by atoms with Crippen LogP contribution >= 0.6 is 35.3 Å². The summed E-state index contributed by atoms with van der Waals surface area (Å²) in [6, 6.07) is 7.88. The Morgan fingerprint density at radius 3 is 2.85 bits per heavy atom. The minimum absolute atomic E-state index is 0.0293. The van der Waals surface area contributed by atoms with Gasteiger partial charge in [-0.05, 0) is 38.5 Å². The highest BCUT2D eigenvalue weighted by atomic mass is 32.2. The van der Waals surface area contributed by atoms with Crippen LogP contribution in [0.1, 0.15) is 27.2 Å². The van der Waals surface area contributed by atoms with Crippen molar-refractivity contribution in [2.75, 3.05) is 11.9 Å². The molecule has 26 heavy (non-hydrogen) atoms. The van der Waals surface area contributed by atoms with Gasteiger partial charge >= 0.3 is 0 Å². The normalized spacial score (nSPS) is 20.4. The number of carbonyl (C=O) groups excluding carboxylic acids is 1. The van der Waals surface area contributed by atoms with Crippen molar-refractivity contribution in [2.45, 2.75) is 37.3 Å². The SMILES string of the molecule is C/C=C(\C)C1=C(S)NC(CC2Sc3ccccc3NC2=O)=S=C1OCC. The average molecular weight is 407 g/mol. The molecular formula is C19H22N2O2S3. The van der Waals surface area contributed by atoms with Crippen LogP contribution in [0.25, 0.3) is 0 Å². The third-order valence-corrected chi connectivity index (χ3v) is 6.73. The van der Waals surface area contributed by atoms with Crippen LogP contribution in [-0.4, -0.2) is 27.8 Å². The van der Waals surface area contributed by atoms with Gasteiger partial charge in [-0.1, -0.05) is 29.1 Å². The molecule has 138 valence electrons. The van der Waals surface area contributed by atoms with E-state index in [0.29, 0.717) is 13.0 Å². The Morgan fingerprint density at radius 1 is 1.35 bits per heavy atom. The van der Waals surface area contributed by atoms with E-state index in [9.17, 15) is 4.79 Å². The molecule has 2 heterocycles. The number of carbonyl (C=O) groups is 1. The molecule has 0 fully saturated rings. The second-order valence-electron chi connectivity index (χ2n) is 5.86. The maximum atomic E-state index is 12.5. The van der Waals surface area contributed by atoms with E-state index in [1.165, 1.54) is 0 Å². The molecule has 1 unspecified atom stereocenters. The topological polar surface area (TPSA) is 50.4 Å². The van der Waals surface area contributed by atoms with E-state index in [1.807, 2.05) is 51.1 Å². The molecule has 0 saturated heterocycles. The minimum Gasteiger partial charge on any atom is -0.345 e. The van der Waals surface area contributed by atoms with Crippen molar-refractivity contribution in [2.24, 2.45) is 0 Å². The predicted molar refractivity (Wildman–Crippen MR) is 117 cm³/mol. The molecule has 4 nitrogen and oxygen atoms in total. The summed E-state index contributed by atoms with van der Waals surface area (Å²) in [5.74, 6) is 0.0293. The monoisotopic (exact) mass is 406 g/mol. The highest BCUT2D eigenvalue weighted by molar-refractivity contribution is 8.01. The molecule has 0 spiro atoms. The largest absolute Gasteiger partial charge is 0.345 e. The van der Waals surface area contributed by atoms with Crippen LogP contribution in [0.4, 0.5) is 5.69 Å². The van der Waals surface area contributed by atoms with Crippen molar-refractivity contribution in [1.82, 2.24) is 5.32 Å². The van der Waals surface area contributed by atoms with Crippen LogP contribution in [0, 0.1) is 0 Å². The van der Waals surface area contributed by atoms with E-state index in [1.54, 1.807) is 22.7 Å². The number of hydrogen-bond acceptors (Lipinski definition) is 5. The molecule has 0 radical (unpaired) electrons. The lowest BCUT2D eigenvalue weighted by atomic mass is 10.1. The lowest BCUT2D eigenvalue weighted by Crippen LogP contribution is -2.35. The number of hydrogen-bond donors (Lipinski definition) is 3. The molecule has 2 aliphatic heterocycles. The second-order valence-corrected chi connectivity index (χ2v) is 8.62. The third kappa shape index (κ3) is 4.11. The molecule has 3 rings (SSSR count). The number of rotatable bonds is 4. The highest BCUT2D eigenvalue weighted by Crippen LogP contribution is 2.37. The smallest absolute Gasteiger partial charge is 0.238 e. The molecule has 1 atom stereocenters. The van der Waals surface area contributed by atoms with E-state index in [-0.39, 0.29) is 11.2 Å². The number of thioether (sulfide) groups is 1. The van der Waals surface area contributed by atoms with Gasteiger partial charge in [0, 0.05) is 16.9 Å². The summed E-state index contributed by atoms with van der Waals surface area (Å²) in [7, 11) is 1.55. The molecule has 0 saturated carbocycles. The van der Waals surface area contributed by atoms with Gasteiger partial charge in [0.05, 0.1) is 27.6 Å². The number of nitrogens with one attached hydrogen (secondary N) is 2. The Kier molecular flexibility index (Phi) is 6.34. The van der Waals surface area contributed by atoms with E-state index < -0.39 is 0 Å². The van der Waals surface area contributed by atoms with Gasteiger partial charge in [-0.15, -0.1) is 24.4 Å². The van der Waals surface area contributed by atoms with Crippen molar-refractivity contribution < 1.29 is 9.53 Å².